The molecule has 136 valence electrons. The van der Waals surface area contributed by atoms with Gasteiger partial charge in [0.15, 0.2) is 5.76 Å². The molecule has 4 rings (SSSR count). The Labute approximate surface area is 149 Å². The van der Waals surface area contributed by atoms with Gasteiger partial charge in [0.1, 0.15) is 11.6 Å². The van der Waals surface area contributed by atoms with E-state index in [4.69, 9.17) is 8.83 Å². The maximum Gasteiger partial charge on any atom is 0.322 e. The van der Waals surface area contributed by atoms with Crippen LogP contribution in [0, 0.1) is 0 Å². The average Bonchev–Trinajstić information content (AvgIpc) is 3.32. The molecule has 0 spiro atoms. The van der Waals surface area contributed by atoms with Gasteiger partial charge in [-0.1, -0.05) is 23.3 Å². The van der Waals surface area contributed by atoms with Crippen molar-refractivity contribution < 1.29 is 22.0 Å². The third-order valence-electron chi connectivity index (χ3n) is 4.22. The summed E-state index contributed by atoms with van der Waals surface area (Å²) in [6.07, 6.45) is 2.16. The highest BCUT2D eigenvalue weighted by molar-refractivity contribution is 7.88. The van der Waals surface area contributed by atoms with E-state index >= 15 is 0 Å². The van der Waals surface area contributed by atoms with Crippen molar-refractivity contribution in [3.05, 3.63) is 30.3 Å². The zero-order valence-corrected chi connectivity index (χ0v) is 14.7. The molecule has 0 unspecified atom stereocenters. The summed E-state index contributed by atoms with van der Waals surface area (Å²) in [5, 5.41) is 11.0. The van der Waals surface area contributed by atoms with E-state index in [-0.39, 0.29) is 11.9 Å². The molecule has 0 bridgehead atoms. The number of hydrogen-bond acceptors (Lipinski definition) is 7. The van der Waals surface area contributed by atoms with Gasteiger partial charge in [-0.2, -0.15) is 4.31 Å². The van der Waals surface area contributed by atoms with Crippen LogP contribution >= 0.6 is 0 Å². The Balaban J connectivity index is 1.52. The topological polar surface area (TPSA) is 119 Å². The predicted molar refractivity (Wildman–Crippen MR) is 92.7 cm³/mol. The Morgan fingerprint density at radius 3 is 2.85 bits per heavy atom. The Morgan fingerprint density at radius 2 is 2.08 bits per heavy atom. The van der Waals surface area contributed by atoms with E-state index < -0.39 is 22.0 Å². The van der Waals surface area contributed by atoms with Crippen LogP contribution in [-0.4, -0.2) is 47.7 Å². The first-order chi connectivity index (χ1) is 12.4. The summed E-state index contributed by atoms with van der Waals surface area (Å²) in [6.45, 7) is 0.324. The number of carbonyl (C=O) groups is 1. The van der Waals surface area contributed by atoms with Crippen molar-refractivity contribution in [2.24, 2.45) is 0 Å². The lowest BCUT2D eigenvalue weighted by Gasteiger charge is -2.20. The number of anilines is 1. The van der Waals surface area contributed by atoms with Gasteiger partial charge in [0.05, 0.1) is 6.26 Å². The van der Waals surface area contributed by atoms with Crippen molar-refractivity contribution in [2.75, 3.05) is 18.1 Å². The van der Waals surface area contributed by atoms with Gasteiger partial charge in [-0.15, -0.1) is 5.10 Å². The number of nitrogens with one attached hydrogen (secondary N) is 1. The normalized spacial score (nSPS) is 18.4. The van der Waals surface area contributed by atoms with Crippen LogP contribution in [-0.2, 0) is 14.8 Å². The van der Waals surface area contributed by atoms with Crippen LogP contribution in [0.3, 0.4) is 0 Å². The third kappa shape index (κ3) is 3.08. The number of carbonyl (C=O) groups excluding carboxylic acids is 1. The van der Waals surface area contributed by atoms with Crippen LogP contribution in [0.1, 0.15) is 12.8 Å². The molecule has 1 N–H and O–H groups in total. The summed E-state index contributed by atoms with van der Waals surface area (Å²) in [5.74, 6) is 0.0217. The molecule has 1 atom stereocenters. The Hall–Kier alpha value is -2.72. The van der Waals surface area contributed by atoms with Gasteiger partial charge in [-0.25, -0.2) is 8.42 Å². The Bertz CT molecular complexity index is 1040. The number of nitrogens with zero attached hydrogens (tertiary/aromatic N) is 3. The molecule has 1 amide bonds. The highest BCUT2D eigenvalue weighted by Crippen LogP contribution is 2.28. The third-order valence-corrected chi connectivity index (χ3v) is 5.51. The molecule has 0 aliphatic carbocycles. The predicted octanol–water partition coefficient (Wildman–Crippen LogP) is 1.85. The van der Waals surface area contributed by atoms with Crippen molar-refractivity contribution in [1.82, 2.24) is 14.5 Å². The van der Waals surface area contributed by atoms with Crippen LogP contribution in [0.4, 0.5) is 6.01 Å². The Kier molecular flexibility index (Phi) is 4.00. The standard InChI is InChI=1S/C16H16N4O5S/c1-26(22,23)20-8-4-6-11(20)14(21)17-16-19-18-15(25-16)13-9-10-5-2-3-7-12(10)24-13/h2-3,5,7,9,11H,4,6,8H2,1H3,(H,17,19,21)/t11-/m0/s1. The van der Waals surface area contributed by atoms with Crippen LogP contribution in [0.15, 0.2) is 39.2 Å². The minimum absolute atomic E-state index is 0.106. The Morgan fingerprint density at radius 1 is 1.27 bits per heavy atom. The molecule has 9 nitrogen and oxygen atoms in total. The first-order valence-electron chi connectivity index (χ1n) is 8.02. The zero-order chi connectivity index (χ0) is 18.3. The molecular weight excluding hydrogens is 360 g/mol. The van der Waals surface area contributed by atoms with Crippen molar-refractivity contribution in [2.45, 2.75) is 18.9 Å². The zero-order valence-electron chi connectivity index (χ0n) is 13.9. The number of fused-ring (bicyclic) bond motifs is 1. The number of aromatic nitrogens is 2. The summed E-state index contributed by atoms with van der Waals surface area (Å²) < 4.78 is 35.8. The average molecular weight is 376 g/mol. The van der Waals surface area contributed by atoms with Crippen molar-refractivity contribution >= 4 is 32.9 Å². The number of furan rings is 1. The second kappa shape index (κ2) is 6.22. The fraction of sp³-hybridized carbons (Fsp3) is 0.312. The van der Waals surface area contributed by atoms with Gasteiger partial charge >= 0.3 is 6.01 Å². The lowest BCUT2D eigenvalue weighted by molar-refractivity contribution is -0.119. The molecule has 1 aromatic carbocycles. The van der Waals surface area contributed by atoms with Crippen molar-refractivity contribution in [1.29, 1.82) is 0 Å². The van der Waals surface area contributed by atoms with Crippen LogP contribution in [0.2, 0.25) is 0 Å². The molecule has 2 aromatic heterocycles. The van der Waals surface area contributed by atoms with Gasteiger partial charge in [0.2, 0.25) is 15.9 Å². The van der Waals surface area contributed by atoms with Crippen molar-refractivity contribution in [3.8, 4) is 11.7 Å². The van der Waals surface area contributed by atoms with Crippen molar-refractivity contribution in [3.63, 3.8) is 0 Å². The van der Waals surface area contributed by atoms with Crippen LogP contribution in [0.5, 0.6) is 0 Å². The quantitative estimate of drug-likeness (QED) is 0.738. The molecule has 1 aliphatic heterocycles. The second-order valence-corrected chi connectivity index (χ2v) is 8.02. The SMILES string of the molecule is CS(=O)(=O)N1CCC[C@H]1C(=O)Nc1nnc(-c2cc3ccccc3o2)o1. The van der Waals surface area contributed by atoms with Gasteiger partial charge in [0, 0.05) is 11.9 Å². The van der Waals surface area contributed by atoms with Crippen LogP contribution < -0.4 is 5.32 Å². The highest BCUT2D eigenvalue weighted by Gasteiger charge is 2.37. The summed E-state index contributed by atoms with van der Waals surface area (Å²) in [7, 11) is -3.45. The smallest absolute Gasteiger partial charge is 0.322 e. The highest BCUT2D eigenvalue weighted by atomic mass is 32.2. The second-order valence-electron chi connectivity index (χ2n) is 6.08. The summed E-state index contributed by atoms with van der Waals surface area (Å²) in [4.78, 5) is 12.4. The molecular formula is C16H16N4O5S. The maximum absolute atomic E-state index is 12.4. The molecule has 1 saturated heterocycles. The summed E-state index contributed by atoms with van der Waals surface area (Å²) >= 11 is 0. The number of amides is 1. The fourth-order valence-electron chi connectivity index (χ4n) is 3.05. The van der Waals surface area contributed by atoms with Crippen LogP contribution in [0.25, 0.3) is 22.6 Å². The minimum atomic E-state index is -3.45. The first-order valence-corrected chi connectivity index (χ1v) is 9.87. The van der Waals surface area contributed by atoms with E-state index in [2.05, 4.69) is 15.5 Å². The molecule has 0 radical (unpaired) electrons. The minimum Gasteiger partial charge on any atom is -0.451 e. The molecule has 1 aliphatic rings. The van der Waals surface area contributed by atoms with Gasteiger partial charge in [-0.3, -0.25) is 10.1 Å². The molecule has 3 aromatic rings. The number of para-hydroxylation sites is 1. The van der Waals surface area contributed by atoms with Gasteiger partial charge < -0.3 is 8.83 Å². The number of hydrogen-bond donors (Lipinski definition) is 1. The summed E-state index contributed by atoms with van der Waals surface area (Å²) in [6, 6.07) is 8.33. The number of sulfonamides is 1. The lowest BCUT2D eigenvalue weighted by atomic mass is 10.2. The number of rotatable bonds is 4. The van der Waals surface area contributed by atoms with Gasteiger partial charge in [-0.05, 0) is 25.0 Å². The van der Waals surface area contributed by atoms with E-state index in [1.54, 1.807) is 6.07 Å². The van der Waals surface area contributed by atoms with E-state index in [0.717, 1.165) is 11.6 Å². The largest absolute Gasteiger partial charge is 0.451 e. The van der Waals surface area contributed by atoms with E-state index in [1.807, 2.05) is 24.3 Å². The van der Waals surface area contributed by atoms with E-state index in [9.17, 15) is 13.2 Å². The number of benzene rings is 1. The first kappa shape index (κ1) is 16.7. The van der Waals surface area contributed by atoms with Gasteiger partial charge in [0.25, 0.3) is 5.89 Å². The maximum atomic E-state index is 12.4. The van der Waals surface area contributed by atoms with E-state index in [1.165, 1.54) is 4.31 Å². The van der Waals surface area contributed by atoms with E-state index in [0.29, 0.717) is 30.7 Å². The molecule has 0 saturated carbocycles. The molecule has 10 heteroatoms. The summed E-state index contributed by atoms with van der Waals surface area (Å²) in [5.41, 5.74) is 0.682. The molecule has 3 heterocycles. The molecule has 26 heavy (non-hydrogen) atoms. The lowest BCUT2D eigenvalue weighted by Crippen LogP contribution is -2.42. The molecule has 1 fully saturated rings. The monoisotopic (exact) mass is 376 g/mol. The fourth-order valence-corrected chi connectivity index (χ4v) is 4.17.